The highest BCUT2D eigenvalue weighted by Crippen LogP contribution is 2.44. The Bertz CT molecular complexity index is 214. The zero-order valence-electron chi connectivity index (χ0n) is 10.2. The van der Waals surface area contributed by atoms with Crippen molar-refractivity contribution < 1.29 is 9.47 Å². The second-order valence-electron chi connectivity index (χ2n) is 5.30. The monoisotopic (exact) mass is 290 g/mol. The summed E-state index contributed by atoms with van der Waals surface area (Å²) in [5.41, 5.74) is 0.299. The number of ether oxygens (including phenoxy) is 2. The first-order chi connectivity index (χ1) is 7.74. The van der Waals surface area contributed by atoms with E-state index in [0.29, 0.717) is 16.5 Å². The predicted octanol–water partition coefficient (Wildman–Crippen LogP) is 3.67. The van der Waals surface area contributed by atoms with Gasteiger partial charge in [-0.05, 0) is 38.5 Å². The van der Waals surface area contributed by atoms with Crippen LogP contribution in [0, 0.1) is 0 Å². The molecule has 94 valence electrons. The molecule has 1 aliphatic heterocycles. The number of halogens is 1. The summed E-state index contributed by atoms with van der Waals surface area (Å²) in [5.74, 6) is 0. The molecule has 16 heavy (non-hydrogen) atoms. The molecule has 1 spiro atoms. The van der Waals surface area contributed by atoms with Gasteiger partial charge in [0.05, 0.1) is 18.3 Å². The highest BCUT2D eigenvalue weighted by molar-refractivity contribution is 9.09. The summed E-state index contributed by atoms with van der Waals surface area (Å²) < 4.78 is 11.4. The third-order valence-corrected chi connectivity index (χ3v) is 4.72. The zero-order valence-corrected chi connectivity index (χ0v) is 11.8. The Morgan fingerprint density at radius 2 is 2.12 bits per heavy atom. The molecule has 2 nitrogen and oxygen atoms in total. The fraction of sp³-hybridized carbons (Fsp3) is 1.00. The van der Waals surface area contributed by atoms with Crippen molar-refractivity contribution >= 4 is 15.9 Å². The molecule has 2 rings (SSSR count). The lowest BCUT2D eigenvalue weighted by atomic mass is 9.98. The number of hydrogen-bond donors (Lipinski definition) is 0. The number of hydrogen-bond acceptors (Lipinski definition) is 2. The Hall–Kier alpha value is 0.400. The van der Waals surface area contributed by atoms with Crippen LogP contribution in [0.5, 0.6) is 0 Å². The summed E-state index contributed by atoms with van der Waals surface area (Å²) in [6.45, 7) is 0.803. The third-order valence-electron chi connectivity index (χ3n) is 4.00. The Balaban J connectivity index is 1.68. The molecule has 0 amide bonds. The molecule has 1 aliphatic carbocycles. The molecule has 0 N–H and O–H groups in total. The van der Waals surface area contributed by atoms with E-state index in [0.717, 1.165) is 13.0 Å². The van der Waals surface area contributed by atoms with Gasteiger partial charge in [0, 0.05) is 11.9 Å². The summed E-state index contributed by atoms with van der Waals surface area (Å²) in [7, 11) is 1.76. The molecule has 2 unspecified atom stereocenters. The van der Waals surface area contributed by atoms with Gasteiger partial charge in [-0.3, -0.25) is 0 Å². The molecule has 0 aromatic heterocycles. The van der Waals surface area contributed by atoms with Crippen LogP contribution in [0.4, 0.5) is 0 Å². The molecule has 1 saturated heterocycles. The van der Waals surface area contributed by atoms with Gasteiger partial charge < -0.3 is 9.47 Å². The minimum Gasteiger partial charge on any atom is -0.384 e. The quantitative estimate of drug-likeness (QED) is 0.720. The fourth-order valence-corrected chi connectivity index (χ4v) is 3.65. The average molecular weight is 291 g/mol. The molecular weight excluding hydrogens is 268 g/mol. The molecule has 2 aliphatic rings. The maximum Gasteiger partial charge on any atom is 0.0687 e. The van der Waals surface area contributed by atoms with E-state index < -0.39 is 0 Å². The van der Waals surface area contributed by atoms with Crippen molar-refractivity contribution in [3.05, 3.63) is 0 Å². The summed E-state index contributed by atoms with van der Waals surface area (Å²) in [5, 5.41) is 0. The van der Waals surface area contributed by atoms with Gasteiger partial charge in [0.15, 0.2) is 0 Å². The summed E-state index contributed by atoms with van der Waals surface area (Å²) in [4.78, 5) is 0.487. The summed E-state index contributed by atoms with van der Waals surface area (Å²) in [6, 6.07) is 0. The van der Waals surface area contributed by atoms with E-state index in [-0.39, 0.29) is 0 Å². The van der Waals surface area contributed by atoms with E-state index in [2.05, 4.69) is 15.9 Å². The van der Waals surface area contributed by atoms with Crippen LogP contribution in [0.1, 0.15) is 51.4 Å². The minimum absolute atomic E-state index is 0.299. The van der Waals surface area contributed by atoms with Crippen molar-refractivity contribution in [2.45, 2.75) is 67.9 Å². The summed E-state index contributed by atoms with van der Waals surface area (Å²) in [6.07, 6.45) is 10.8. The molecule has 0 aromatic rings. The van der Waals surface area contributed by atoms with Crippen LogP contribution >= 0.6 is 15.9 Å². The standard InChI is InChI=1S/C13H23BrO2/c1-15-10-11(14)4-5-12-6-9-13(16-12)7-2-3-8-13/h11-12H,2-10H2,1H3. The SMILES string of the molecule is COCC(Br)CCC1CCC2(CCCC2)O1. The number of rotatable bonds is 5. The van der Waals surface area contributed by atoms with E-state index in [1.807, 2.05) is 0 Å². The van der Waals surface area contributed by atoms with Gasteiger partial charge in [0.1, 0.15) is 0 Å². The topological polar surface area (TPSA) is 18.5 Å². The molecule has 1 heterocycles. The lowest BCUT2D eigenvalue weighted by Gasteiger charge is -2.24. The van der Waals surface area contributed by atoms with E-state index in [1.165, 1.54) is 44.9 Å². The van der Waals surface area contributed by atoms with E-state index in [9.17, 15) is 0 Å². The highest BCUT2D eigenvalue weighted by atomic mass is 79.9. The third kappa shape index (κ3) is 3.21. The van der Waals surface area contributed by atoms with Crippen LogP contribution < -0.4 is 0 Å². The first kappa shape index (κ1) is 12.8. The molecule has 3 heteroatoms. The average Bonchev–Trinajstić information content (AvgIpc) is 2.88. The zero-order chi connectivity index (χ0) is 11.4. The van der Waals surface area contributed by atoms with Crippen LogP contribution in [0.25, 0.3) is 0 Å². The molecule has 2 atom stereocenters. The van der Waals surface area contributed by atoms with Gasteiger partial charge in [-0.15, -0.1) is 0 Å². The molecule has 0 radical (unpaired) electrons. The smallest absolute Gasteiger partial charge is 0.0687 e. The Morgan fingerprint density at radius 3 is 2.81 bits per heavy atom. The lowest BCUT2D eigenvalue weighted by molar-refractivity contribution is -0.0396. The molecule has 0 bridgehead atoms. The minimum atomic E-state index is 0.299. The van der Waals surface area contributed by atoms with E-state index in [4.69, 9.17) is 9.47 Å². The predicted molar refractivity (Wildman–Crippen MR) is 69.1 cm³/mol. The van der Waals surface area contributed by atoms with Crippen LogP contribution in [-0.2, 0) is 9.47 Å². The van der Waals surface area contributed by atoms with E-state index >= 15 is 0 Å². The van der Waals surface area contributed by atoms with Crippen molar-refractivity contribution in [3.8, 4) is 0 Å². The largest absolute Gasteiger partial charge is 0.384 e. The molecular formula is C13H23BrO2. The van der Waals surface area contributed by atoms with Gasteiger partial charge in [-0.1, -0.05) is 28.8 Å². The van der Waals surface area contributed by atoms with Crippen LogP contribution in [0.3, 0.4) is 0 Å². The van der Waals surface area contributed by atoms with Gasteiger partial charge >= 0.3 is 0 Å². The maximum atomic E-state index is 6.28. The van der Waals surface area contributed by atoms with Crippen molar-refractivity contribution in [1.82, 2.24) is 0 Å². The van der Waals surface area contributed by atoms with Crippen molar-refractivity contribution in [2.24, 2.45) is 0 Å². The first-order valence-corrected chi connectivity index (χ1v) is 7.46. The second-order valence-corrected chi connectivity index (χ2v) is 6.59. The molecule has 2 fully saturated rings. The molecule has 1 saturated carbocycles. The Morgan fingerprint density at radius 1 is 1.38 bits per heavy atom. The van der Waals surface area contributed by atoms with Crippen LogP contribution in [0.2, 0.25) is 0 Å². The van der Waals surface area contributed by atoms with Gasteiger partial charge in [-0.2, -0.15) is 0 Å². The normalized spacial score (nSPS) is 30.0. The van der Waals surface area contributed by atoms with Crippen LogP contribution in [0.15, 0.2) is 0 Å². The highest BCUT2D eigenvalue weighted by Gasteiger charge is 2.41. The first-order valence-electron chi connectivity index (χ1n) is 6.55. The number of alkyl halides is 1. The van der Waals surface area contributed by atoms with Gasteiger partial charge in [-0.25, -0.2) is 0 Å². The number of methoxy groups -OCH3 is 1. The Kier molecular flexibility index (Phi) is 4.68. The van der Waals surface area contributed by atoms with Crippen LogP contribution in [-0.4, -0.2) is 30.2 Å². The van der Waals surface area contributed by atoms with Gasteiger partial charge in [0.2, 0.25) is 0 Å². The summed E-state index contributed by atoms with van der Waals surface area (Å²) >= 11 is 3.64. The van der Waals surface area contributed by atoms with Crippen molar-refractivity contribution in [2.75, 3.05) is 13.7 Å². The molecule has 0 aromatic carbocycles. The lowest BCUT2D eigenvalue weighted by Crippen LogP contribution is -2.25. The van der Waals surface area contributed by atoms with Crippen molar-refractivity contribution in [3.63, 3.8) is 0 Å². The van der Waals surface area contributed by atoms with Crippen molar-refractivity contribution in [1.29, 1.82) is 0 Å². The Labute approximate surface area is 107 Å². The second kappa shape index (κ2) is 5.83. The van der Waals surface area contributed by atoms with E-state index in [1.54, 1.807) is 7.11 Å². The fourth-order valence-electron chi connectivity index (χ4n) is 3.12. The maximum absolute atomic E-state index is 6.28. The van der Waals surface area contributed by atoms with Gasteiger partial charge in [0.25, 0.3) is 0 Å².